The SMILES string of the molecule is CCOc1ccc(N=C2S[C@H](CC(=O)Nc3ccc(Oc4ccccc4)cc3)C(=O)N2C2CC2)cc1. The molecule has 0 aromatic heterocycles. The number of rotatable bonds is 9. The molecule has 1 N–H and O–H groups in total. The Kier molecular flexibility index (Phi) is 7.23. The van der Waals surface area contributed by atoms with Crippen molar-refractivity contribution < 1.29 is 19.1 Å². The first-order chi connectivity index (χ1) is 17.6. The van der Waals surface area contributed by atoms with Gasteiger partial charge in [0.25, 0.3) is 0 Å². The third kappa shape index (κ3) is 5.88. The van der Waals surface area contributed by atoms with E-state index >= 15 is 0 Å². The molecule has 36 heavy (non-hydrogen) atoms. The van der Waals surface area contributed by atoms with Gasteiger partial charge in [-0.1, -0.05) is 30.0 Å². The Morgan fingerprint density at radius 1 is 0.972 bits per heavy atom. The molecule has 7 nitrogen and oxygen atoms in total. The molecule has 2 fully saturated rings. The largest absolute Gasteiger partial charge is 0.494 e. The van der Waals surface area contributed by atoms with Crippen molar-refractivity contribution in [3.05, 3.63) is 78.9 Å². The number of nitrogens with zero attached hydrogens (tertiary/aromatic N) is 2. The number of carbonyl (C=O) groups is 2. The minimum absolute atomic E-state index is 0.0473. The average molecular weight is 502 g/mol. The number of benzene rings is 3. The molecule has 8 heteroatoms. The van der Waals surface area contributed by atoms with Crippen LogP contribution < -0.4 is 14.8 Å². The first kappa shape index (κ1) is 23.9. The van der Waals surface area contributed by atoms with Crippen molar-refractivity contribution in [1.82, 2.24) is 4.90 Å². The third-order valence-corrected chi connectivity index (χ3v) is 6.89. The van der Waals surface area contributed by atoms with Gasteiger partial charge in [-0.2, -0.15) is 0 Å². The van der Waals surface area contributed by atoms with E-state index in [1.54, 1.807) is 29.2 Å². The Morgan fingerprint density at radius 2 is 1.64 bits per heavy atom. The molecule has 1 saturated carbocycles. The summed E-state index contributed by atoms with van der Waals surface area (Å²) in [6.45, 7) is 2.54. The maximum absolute atomic E-state index is 13.1. The zero-order chi connectivity index (χ0) is 24.9. The van der Waals surface area contributed by atoms with Crippen LogP contribution >= 0.6 is 11.8 Å². The fourth-order valence-corrected chi connectivity index (χ4v) is 5.08. The van der Waals surface area contributed by atoms with Crippen molar-refractivity contribution in [3.63, 3.8) is 0 Å². The highest BCUT2D eigenvalue weighted by molar-refractivity contribution is 8.15. The van der Waals surface area contributed by atoms with Gasteiger partial charge in [0.05, 0.1) is 12.3 Å². The Morgan fingerprint density at radius 3 is 2.31 bits per heavy atom. The standard InChI is InChI=1S/C28H27N3O4S/c1-2-34-22-14-8-20(9-15-22)30-28-31(21-12-13-21)27(33)25(36-28)18-26(32)29-19-10-16-24(17-11-19)35-23-6-4-3-5-7-23/h3-11,14-17,21,25H,2,12-13,18H2,1H3,(H,29,32)/t25-/m1/s1. The molecule has 0 bridgehead atoms. The van der Waals surface area contributed by atoms with E-state index in [9.17, 15) is 9.59 Å². The number of nitrogens with one attached hydrogen (secondary N) is 1. The number of para-hydroxylation sites is 1. The third-order valence-electron chi connectivity index (χ3n) is 5.74. The molecule has 184 valence electrons. The highest BCUT2D eigenvalue weighted by atomic mass is 32.2. The van der Waals surface area contributed by atoms with Crippen LogP contribution in [0.15, 0.2) is 83.9 Å². The lowest BCUT2D eigenvalue weighted by Gasteiger charge is -2.15. The summed E-state index contributed by atoms with van der Waals surface area (Å²) < 4.78 is 11.3. The minimum Gasteiger partial charge on any atom is -0.494 e. The molecule has 1 heterocycles. The van der Waals surface area contributed by atoms with Gasteiger partial charge < -0.3 is 14.8 Å². The van der Waals surface area contributed by atoms with Gasteiger partial charge in [0.1, 0.15) is 22.5 Å². The summed E-state index contributed by atoms with van der Waals surface area (Å²) in [4.78, 5) is 32.4. The zero-order valence-corrected chi connectivity index (χ0v) is 20.7. The van der Waals surface area contributed by atoms with Crippen molar-refractivity contribution in [2.75, 3.05) is 11.9 Å². The number of thioether (sulfide) groups is 1. The molecule has 3 aromatic rings. The zero-order valence-electron chi connectivity index (χ0n) is 19.9. The van der Waals surface area contributed by atoms with Crippen LogP contribution in [-0.2, 0) is 9.59 Å². The van der Waals surface area contributed by atoms with Gasteiger partial charge in [-0.3, -0.25) is 14.5 Å². The van der Waals surface area contributed by atoms with E-state index in [0.29, 0.717) is 23.2 Å². The Bertz CT molecular complexity index is 1240. The molecule has 2 amide bonds. The summed E-state index contributed by atoms with van der Waals surface area (Å²) in [6.07, 6.45) is 2.01. The minimum atomic E-state index is -0.493. The molecular formula is C28H27N3O4S. The number of amides is 2. The number of amidine groups is 1. The molecule has 0 spiro atoms. The lowest BCUT2D eigenvalue weighted by Crippen LogP contribution is -2.35. The number of ether oxygens (including phenoxy) is 2. The van der Waals surface area contributed by atoms with E-state index in [1.807, 2.05) is 61.5 Å². The van der Waals surface area contributed by atoms with Gasteiger partial charge in [0.15, 0.2) is 5.17 Å². The van der Waals surface area contributed by atoms with Crippen LogP contribution in [0.4, 0.5) is 11.4 Å². The van der Waals surface area contributed by atoms with E-state index in [0.717, 1.165) is 30.0 Å². The van der Waals surface area contributed by atoms with E-state index in [2.05, 4.69) is 5.32 Å². The van der Waals surface area contributed by atoms with Crippen LogP contribution in [0.5, 0.6) is 17.2 Å². The van der Waals surface area contributed by atoms with Crippen LogP contribution in [0.1, 0.15) is 26.2 Å². The van der Waals surface area contributed by atoms with Crippen molar-refractivity contribution >= 4 is 40.1 Å². The van der Waals surface area contributed by atoms with Crippen molar-refractivity contribution in [1.29, 1.82) is 0 Å². The first-order valence-electron chi connectivity index (χ1n) is 12.0. The van der Waals surface area contributed by atoms with Gasteiger partial charge in [-0.25, -0.2) is 4.99 Å². The number of hydrogen-bond donors (Lipinski definition) is 1. The Labute approximate surface area is 214 Å². The molecule has 2 aliphatic rings. The second-order valence-electron chi connectivity index (χ2n) is 8.56. The number of aliphatic imine (C=N–C) groups is 1. The average Bonchev–Trinajstić information content (AvgIpc) is 3.67. The van der Waals surface area contributed by atoms with Gasteiger partial charge in [0.2, 0.25) is 11.8 Å². The fourth-order valence-electron chi connectivity index (χ4n) is 3.87. The molecule has 3 aromatic carbocycles. The maximum Gasteiger partial charge on any atom is 0.242 e. The predicted molar refractivity (Wildman–Crippen MR) is 142 cm³/mol. The van der Waals surface area contributed by atoms with E-state index in [1.165, 1.54) is 11.8 Å². The maximum atomic E-state index is 13.1. The lowest BCUT2D eigenvalue weighted by molar-refractivity contribution is -0.128. The molecule has 0 radical (unpaired) electrons. The van der Waals surface area contributed by atoms with Crippen LogP contribution in [-0.4, -0.2) is 39.8 Å². The molecule has 1 saturated heterocycles. The smallest absolute Gasteiger partial charge is 0.242 e. The summed E-state index contributed by atoms with van der Waals surface area (Å²) >= 11 is 1.36. The fraction of sp³-hybridized carbons (Fsp3) is 0.250. The van der Waals surface area contributed by atoms with Gasteiger partial charge in [-0.15, -0.1) is 0 Å². The molecule has 5 rings (SSSR count). The van der Waals surface area contributed by atoms with Crippen molar-refractivity contribution in [3.8, 4) is 17.2 Å². The molecule has 0 unspecified atom stereocenters. The van der Waals surface area contributed by atoms with E-state index < -0.39 is 5.25 Å². The summed E-state index contributed by atoms with van der Waals surface area (Å²) in [5, 5.41) is 3.06. The van der Waals surface area contributed by atoms with E-state index in [-0.39, 0.29) is 24.3 Å². The molecule has 1 aliphatic heterocycles. The second kappa shape index (κ2) is 10.9. The summed E-state index contributed by atoms with van der Waals surface area (Å²) in [7, 11) is 0. The van der Waals surface area contributed by atoms with Gasteiger partial charge >= 0.3 is 0 Å². The molecular weight excluding hydrogens is 474 g/mol. The van der Waals surface area contributed by atoms with Crippen LogP contribution in [0.2, 0.25) is 0 Å². The Balaban J connectivity index is 1.21. The summed E-state index contributed by atoms with van der Waals surface area (Å²) in [5.74, 6) is 1.94. The highest BCUT2D eigenvalue weighted by Crippen LogP contribution is 2.39. The normalized spacial score (nSPS) is 18.4. The Hall–Kier alpha value is -3.78. The first-order valence-corrected chi connectivity index (χ1v) is 12.9. The number of hydrogen-bond acceptors (Lipinski definition) is 6. The molecule has 1 atom stereocenters. The van der Waals surface area contributed by atoms with Gasteiger partial charge in [0, 0.05) is 18.2 Å². The van der Waals surface area contributed by atoms with Crippen molar-refractivity contribution in [2.45, 2.75) is 37.5 Å². The topological polar surface area (TPSA) is 80.2 Å². The second-order valence-corrected chi connectivity index (χ2v) is 9.73. The monoisotopic (exact) mass is 501 g/mol. The van der Waals surface area contributed by atoms with Crippen LogP contribution in [0.25, 0.3) is 0 Å². The number of carbonyl (C=O) groups excluding carboxylic acids is 2. The summed E-state index contributed by atoms with van der Waals surface area (Å²) in [5.41, 5.74) is 1.40. The van der Waals surface area contributed by atoms with Crippen molar-refractivity contribution in [2.24, 2.45) is 4.99 Å². The van der Waals surface area contributed by atoms with Crippen LogP contribution in [0, 0.1) is 0 Å². The molecule has 1 aliphatic carbocycles. The number of anilines is 1. The van der Waals surface area contributed by atoms with Gasteiger partial charge in [-0.05, 0) is 80.4 Å². The quantitative estimate of drug-likeness (QED) is 0.389. The predicted octanol–water partition coefficient (Wildman–Crippen LogP) is 6.00. The van der Waals surface area contributed by atoms with E-state index in [4.69, 9.17) is 14.5 Å². The summed E-state index contributed by atoms with van der Waals surface area (Å²) in [6, 6.07) is 24.3. The van der Waals surface area contributed by atoms with Crippen LogP contribution in [0.3, 0.4) is 0 Å². The lowest BCUT2D eigenvalue weighted by atomic mass is 10.2. The highest BCUT2D eigenvalue weighted by Gasteiger charge is 2.46.